The summed E-state index contributed by atoms with van der Waals surface area (Å²) in [4.78, 5) is 21.4. The standard InChI is InChI=1S/C9H6FIO2/c1-5(13)7-2-6(4-12)9(11)3-8(7)10/h2-4H,1H3. The van der Waals surface area contributed by atoms with Crippen LogP contribution in [0.3, 0.4) is 0 Å². The van der Waals surface area contributed by atoms with Crippen molar-refractivity contribution in [1.82, 2.24) is 0 Å². The lowest BCUT2D eigenvalue weighted by atomic mass is 10.1. The van der Waals surface area contributed by atoms with E-state index in [1.807, 2.05) is 22.6 Å². The minimum atomic E-state index is -0.581. The number of Topliss-reactive ketones (excluding diaryl/α,β-unsaturated/α-hetero) is 1. The third-order valence-electron chi connectivity index (χ3n) is 1.59. The highest BCUT2D eigenvalue weighted by atomic mass is 127. The Bertz CT molecular complexity index is 374. The zero-order chi connectivity index (χ0) is 10.0. The van der Waals surface area contributed by atoms with Gasteiger partial charge in [0.1, 0.15) is 5.82 Å². The second kappa shape index (κ2) is 3.95. The largest absolute Gasteiger partial charge is 0.298 e. The molecule has 0 N–H and O–H groups in total. The summed E-state index contributed by atoms with van der Waals surface area (Å²) in [6, 6.07) is 2.45. The molecule has 0 spiro atoms. The molecule has 68 valence electrons. The molecule has 0 unspecified atom stereocenters. The molecule has 0 heterocycles. The molecular weight excluding hydrogens is 286 g/mol. The van der Waals surface area contributed by atoms with Gasteiger partial charge in [-0.1, -0.05) is 0 Å². The second-order valence-electron chi connectivity index (χ2n) is 2.53. The fourth-order valence-corrected chi connectivity index (χ4v) is 1.48. The Hall–Kier alpha value is -0.780. The molecule has 0 fully saturated rings. The topological polar surface area (TPSA) is 34.1 Å². The molecule has 0 amide bonds. The van der Waals surface area contributed by atoms with Crippen molar-refractivity contribution in [3.05, 3.63) is 32.6 Å². The van der Waals surface area contributed by atoms with Gasteiger partial charge in [0.25, 0.3) is 0 Å². The normalized spacial score (nSPS) is 9.77. The van der Waals surface area contributed by atoms with Crippen LogP contribution in [0.5, 0.6) is 0 Å². The molecule has 0 aliphatic carbocycles. The fourth-order valence-electron chi connectivity index (χ4n) is 0.926. The highest BCUT2D eigenvalue weighted by molar-refractivity contribution is 14.1. The summed E-state index contributed by atoms with van der Waals surface area (Å²) in [5, 5.41) is 0. The minimum Gasteiger partial charge on any atom is -0.298 e. The lowest BCUT2D eigenvalue weighted by molar-refractivity contribution is 0.101. The second-order valence-corrected chi connectivity index (χ2v) is 3.69. The fraction of sp³-hybridized carbons (Fsp3) is 0.111. The maximum absolute atomic E-state index is 13.1. The van der Waals surface area contributed by atoms with Crippen LogP contribution in [0.15, 0.2) is 12.1 Å². The summed E-state index contributed by atoms with van der Waals surface area (Å²) in [6.07, 6.45) is 0.605. The smallest absolute Gasteiger partial charge is 0.162 e. The van der Waals surface area contributed by atoms with Crippen molar-refractivity contribution in [2.24, 2.45) is 0 Å². The first kappa shape index (κ1) is 10.3. The van der Waals surface area contributed by atoms with Crippen LogP contribution in [0, 0.1) is 9.39 Å². The predicted molar refractivity (Wildman–Crippen MR) is 54.5 cm³/mol. The van der Waals surface area contributed by atoms with Crippen molar-refractivity contribution in [2.45, 2.75) is 6.92 Å². The first-order valence-electron chi connectivity index (χ1n) is 3.51. The molecule has 1 rings (SSSR count). The van der Waals surface area contributed by atoms with Gasteiger partial charge in [-0.2, -0.15) is 0 Å². The van der Waals surface area contributed by atoms with Gasteiger partial charge < -0.3 is 0 Å². The van der Waals surface area contributed by atoms with Gasteiger partial charge in [-0.25, -0.2) is 4.39 Å². The van der Waals surface area contributed by atoms with E-state index in [-0.39, 0.29) is 11.3 Å². The third-order valence-corrected chi connectivity index (χ3v) is 2.53. The lowest BCUT2D eigenvalue weighted by Gasteiger charge is -2.01. The number of halogens is 2. The van der Waals surface area contributed by atoms with Crippen LogP contribution in [0.4, 0.5) is 4.39 Å². The van der Waals surface area contributed by atoms with Crippen LogP contribution < -0.4 is 0 Å². The van der Waals surface area contributed by atoms with Gasteiger partial charge in [-0.15, -0.1) is 0 Å². The molecule has 2 nitrogen and oxygen atoms in total. The molecule has 0 bridgehead atoms. The van der Waals surface area contributed by atoms with E-state index in [0.717, 1.165) is 0 Å². The van der Waals surface area contributed by atoms with E-state index >= 15 is 0 Å². The zero-order valence-corrected chi connectivity index (χ0v) is 8.96. The molecule has 0 saturated heterocycles. The third kappa shape index (κ3) is 2.12. The summed E-state index contributed by atoms with van der Waals surface area (Å²) in [5.41, 5.74) is 0.301. The summed E-state index contributed by atoms with van der Waals surface area (Å²) in [7, 11) is 0. The van der Waals surface area contributed by atoms with Crippen LogP contribution in [-0.4, -0.2) is 12.1 Å². The number of carbonyl (C=O) groups excluding carboxylic acids is 2. The predicted octanol–water partition coefficient (Wildman–Crippen LogP) is 2.45. The van der Waals surface area contributed by atoms with Gasteiger partial charge in [-0.3, -0.25) is 9.59 Å². The summed E-state index contributed by atoms with van der Waals surface area (Å²) in [5.74, 6) is -0.959. The van der Waals surface area contributed by atoms with E-state index in [1.54, 1.807) is 0 Å². The van der Waals surface area contributed by atoms with Crippen molar-refractivity contribution >= 4 is 34.7 Å². The Morgan fingerprint density at radius 3 is 2.62 bits per heavy atom. The van der Waals surface area contributed by atoms with Crippen molar-refractivity contribution in [3.63, 3.8) is 0 Å². The van der Waals surface area contributed by atoms with Gasteiger partial charge in [-0.05, 0) is 41.6 Å². The molecule has 0 aliphatic rings. The van der Waals surface area contributed by atoms with Crippen LogP contribution in [-0.2, 0) is 0 Å². The highest BCUT2D eigenvalue weighted by Crippen LogP contribution is 2.16. The van der Waals surface area contributed by atoms with Crippen molar-refractivity contribution in [1.29, 1.82) is 0 Å². The van der Waals surface area contributed by atoms with E-state index in [1.165, 1.54) is 19.1 Å². The Morgan fingerprint density at radius 2 is 2.15 bits per heavy atom. The number of ketones is 1. The lowest BCUT2D eigenvalue weighted by Crippen LogP contribution is -2.00. The van der Waals surface area contributed by atoms with E-state index in [2.05, 4.69) is 0 Å². The highest BCUT2D eigenvalue weighted by Gasteiger charge is 2.10. The Labute approximate surface area is 88.3 Å². The summed E-state index contributed by atoms with van der Waals surface area (Å²) in [6.45, 7) is 1.26. The first-order valence-corrected chi connectivity index (χ1v) is 4.59. The molecule has 0 atom stereocenters. The minimum absolute atomic E-state index is 0.0393. The van der Waals surface area contributed by atoms with E-state index < -0.39 is 5.82 Å². The molecule has 4 heteroatoms. The number of hydrogen-bond acceptors (Lipinski definition) is 2. The SMILES string of the molecule is CC(=O)c1cc(C=O)c(I)cc1F. The number of aldehydes is 1. The van der Waals surface area contributed by atoms with Crippen LogP contribution in [0.25, 0.3) is 0 Å². The maximum atomic E-state index is 13.1. The molecule has 1 aromatic carbocycles. The van der Waals surface area contributed by atoms with Crippen LogP contribution in [0.2, 0.25) is 0 Å². The molecule has 0 radical (unpaired) electrons. The van der Waals surface area contributed by atoms with Crippen LogP contribution in [0.1, 0.15) is 27.6 Å². The van der Waals surface area contributed by atoms with E-state index in [9.17, 15) is 14.0 Å². The summed E-state index contributed by atoms with van der Waals surface area (Å²) >= 11 is 1.84. The van der Waals surface area contributed by atoms with Crippen molar-refractivity contribution in [3.8, 4) is 0 Å². The Morgan fingerprint density at radius 1 is 1.54 bits per heavy atom. The number of hydrogen-bond donors (Lipinski definition) is 0. The Balaban J connectivity index is 3.38. The average Bonchev–Trinajstić information content (AvgIpc) is 2.03. The van der Waals surface area contributed by atoms with Crippen molar-refractivity contribution < 1.29 is 14.0 Å². The first-order chi connectivity index (χ1) is 6.06. The number of benzene rings is 1. The van der Waals surface area contributed by atoms with Gasteiger partial charge >= 0.3 is 0 Å². The maximum Gasteiger partial charge on any atom is 0.162 e. The molecule has 13 heavy (non-hydrogen) atoms. The van der Waals surface area contributed by atoms with Gasteiger partial charge in [0.2, 0.25) is 0 Å². The Kier molecular flexibility index (Phi) is 3.13. The van der Waals surface area contributed by atoms with Crippen LogP contribution >= 0.6 is 22.6 Å². The molecule has 0 aliphatic heterocycles. The molecule has 0 aromatic heterocycles. The monoisotopic (exact) mass is 292 g/mol. The molecule has 1 aromatic rings. The quantitative estimate of drug-likeness (QED) is 0.476. The van der Waals surface area contributed by atoms with E-state index in [4.69, 9.17) is 0 Å². The number of rotatable bonds is 2. The molecular formula is C9H6FIO2. The average molecular weight is 292 g/mol. The van der Waals surface area contributed by atoms with E-state index in [0.29, 0.717) is 15.4 Å². The van der Waals surface area contributed by atoms with Gasteiger partial charge in [0.15, 0.2) is 12.1 Å². The number of carbonyl (C=O) groups is 2. The summed E-state index contributed by atoms with van der Waals surface area (Å²) < 4.78 is 13.6. The van der Waals surface area contributed by atoms with Gasteiger partial charge in [0.05, 0.1) is 5.56 Å². The molecule has 0 saturated carbocycles. The van der Waals surface area contributed by atoms with Gasteiger partial charge in [0, 0.05) is 9.13 Å². The van der Waals surface area contributed by atoms with Crippen molar-refractivity contribution in [2.75, 3.05) is 0 Å². The zero-order valence-electron chi connectivity index (χ0n) is 6.80.